The second-order valence-corrected chi connectivity index (χ2v) is 8.06. The summed E-state index contributed by atoms with van der Waals surface area (Å²) in [6.45, 7) is 8.73. The maximum absolute atomic E-state index is 10.8. The largest absolute Gasteiger partial charge is 0.493 e. The van der Waals surface area contributed by atoms with Crippen molar-refractivity contribution in [1.29, 1.82) is 0 Å². The number of rotatable bonds is 8. The first-order chi connectivity index (χ1) is 19.2. The number of hydrogen-bond donors (Lipinski definition) is 2. The molecule has 0 spiro atoms. The zero-order valence-electron chi connectivity index (χ0n) is 24.4. The quantitative estimate of drug-likeness (QED) is 0.269. The molecule has 13 heteroatoms. The van der Waals surface area contributed by atoms with Crippen LogP contribution in [-0.2, 0) is 46.6 Å². The smallest absolute Gasteiger partial charge is 0.310 e. The highest BCUT2D eigenvalue weighted by Crippen LogP contribution is 2.29. The van der Waals surface area contributed by atoms with Crippen LogP contribution < -0.4 is 29.6 Å². The van der Waals surface area contributed by atoms with Crippen molar-refractivity contribution < 1.29 is 52.5 Å². The lowest BCUT2D eigenvalue weighted by Crippen LogP contribution is -2.18. The number of hydrogen-bond acceptors (Lipinski definition) is 11. The lowest BCUT2D eigenvalue weighted by Gasteiger charge is -2.10. The standard InChI is InChI=1S/2C12H15NO4.C4H6O3/c2*1-8(14)13-7-10-4-5-11(17-9(2)15)12(6-10)16-3;1-3(5)7-4(2)6/h2*4-6H,7H2,1-3H3,(H,13,14);1-2H3. The van der Waals surface area contributed by atoms with Crippen LogP contribution in [0.4, 0.5) is 0 Å². The third-order valence-corrected chi connectivity index (χ3v) is 4.33. The van der Waals surface area contributed by atoms with E-state index in [0.717, 1.165) is 11.1 Å². The fraction of sp³-hybridized carbons (Fsp3) is 0.357. The molecule has 2 aromatic carbocycles. The van der Waals surface area contributed by atoms with Gasteiger partial charge in [-0.1, -0.05) is 12.1 Å². The van der Waals surface area contributed by atoms with E-state index in [0.29, 0.717) is 36.1 Å². The Morgan fingerprint density at radius 2 is 0.878 bits per heavy atom. The summed E-state index contributed by atoms with van der Waals surface area (Å²) in [5.41, 5.74) is 1.74. The van der Waals surface area contributed by atoms with E-state index in [2.05, 4.69) is 15.4 Å². The summed E-state index contributed by atoms with van der Waals surface area (Å²) >= 11 is 0. The molecule has 2 amide bonds. The number of carbonyl (C=O) groups is 6. The van der Waals surface area contributed by atoms with Gasteiger partial charge in [0.2, 0.25) is 11.8 Å². The van der Waals surface area contributed by atoms with Gasteiger partial charge in [0.05, 0.1) is 14.2 Å². The molecule has 0 fully saturated rings. The monoisotopic (exact) mass is 576 g/mol. The van der Waals surface area contributed by atoms with Crippen molar-refractivity contribution in [3.05, 3.63) is 47.5 Å². The Morgan fingerprint density at radius 1 is 0.537 bits per heavy atom. The molecule has 0 aliphatic heterocycles. The Hall–Kier alpha value is -4.94. The minimum atomic E-state index is -0.562. The maximum atomic E-state index is 10.8. The Labute approximate surface area is 238 Å². The van der Waals surface area contributed by atoms with Crippen molar-refractivity contribution in [1.82, 2.24) is 10.6 Å². The molecule has 0 aliphatic carbocycles. The van der Waals surface area contributed by atoms with Crippen molar-refractivity contribution in [2.45, 2.75) is 54.6 Å². The third-order valence-electron chi connectivity index (χ3n) is 4.33. The molecule has 2 aromatic rings. The van der Waals surface area contributed by atoms with Crippen molar-refractivity contribution >= 4 is 35.7 Å². The first kappa shape index (κ1) is 36.1. The van der Waals surface area contributed by atoms with Crippen LogP contribution in [0.25, 0.3) is 0 Å². The van der Waals surface area contributed by atoms with Gasteiger partial charge in [-0.05, 0) is 35.4 Å². The molecule has 2 N–H and O–H groups in total. The van der Waals surface area contributed by atoms with Gasteiger partial charge < -0.3 is 34.3 Å². The molecule has 0 atom stereocenters. The number of nitrogens with one attached hydrogen (secondary N) is 2. The van der Waals surface area contributed by atoms with Gasteiger partial charge in [-0.15, -0.1) is 0 Å². The minimum absolute atomic E-state index is 0.104. The van der Waals surface area contributed by atoms with E-state index in [9.17, 15) is 28.8 Å². The SMILES string of the molecule is CC(=O)OC(C)=O.COc1cc(CNC(C)=O)ccc1OC(C)=O.COc1cc(CNC(C)=O)ccc1OC(C)=O. The van der Waals surface area contributed by atoms with E-state index >= 15 is 0 Å². The summed E-state index contributed by atoms with van der Waals surface area (Å²) in [5, 5.41) is 5.34. The summed E-state index contributed by atoms with van der Waals surface area (Å²) in [5.74, 6) is -0.485. The molecule has 0 radical (unpaired) electrons. The van der Waals surface area contributed by atoms with Crippen LogP contribution in [0.15, 0.2) is 36.4 Å². The van der Waals surface area contributed by atoms with Gasteiger partial charge in [0.15, 0.2) is 23.0 Å². The number of ether oxygens (including phenoxy) is 5. The summed E-state index contributed by atoms with van der Waals surface area (Å²) in [4.78, 5) is 62.9. The van der Waals surface area contributed by atoms with E-state index in [1.165, 1.54) is 55.8 Å². The summed E-state index contributed by atoms with van der Waals surface area (Å²) in [6.07, 6.45) is 0. The molecule has 0 unspecified atom stereocenters. The van der Waals surface area contributed by atoms with Crippen molar-refractivity contribution in [3.63, 3.8) is 0 Å². The zero-order chi connectivity index (χ0) is 31.5. The number of methoxy groups -OCH3 is 2. The average Bonchev–Trinajstić information content (AvgIpc) is 2.86. The fourth-order valence-electron chi connectivity index (χ4n) is 2.78. The lowest BCUT2D eigenvalue weighted by atomic mass is 10.2. The Bertz CT molecular complexity index is 1130. The predicted octanol–water partition coefficient (Wildman–Crippen LogP) is 2.61. The molecule has 0 saturated heterocycles. The van der Waals surface area contributed by atoms with Crippen molar-refractivity contribution in [2.24, 2.45) is 0 Å². The van der Waals surface area contributed by atoms with Crippen LogP contribution in [0.2, 0.25) is 0 Å². The van der Waals surface area contributed by atoms with Crippen LogP contribution in [-0.4, -0.2) is 49.9 Å². The minimum Gasteiger partial charge on any atom is -0.493 e. The number of benzene rings is 2. The molecule has 0 heterocycles. The Morgan fingerprint density at radius 3 is 1.10 bits per heavy atom. The molecule has 41 heavy (non-hydrogen) atoms. The van der Waals surface area contributed by atoms with E-state index in [-0.39, 0.29) is 11.8 Å². The Balaban J connectivity index is 0.000000637. The molecule has 13 nitrogen and oxygen atoms in total. The molecular weight excluding hydrogens is 540 g/mol. The third kappa shape index (κ3) is 17.3. The molecule has 2 rings (SSSR count). The molecule has 0 aliphatic rings. The van der Waals surface area contributed by atoms with Gasteiger partial charge in [0.25, 0.3) is 0 Å². The van der Waals surface area contributed by atoms with Crippen LogP contribution in [0.3, 0.4) is 0 Å². The van der Waals surface area contributed by atoms with Crippen LogP contribution >= 0.6 is 0 Å². The maximum Gasteiger partial charge on any atom is 0.310 e. The molecule has 0 aromatic heterocycles. The van der Waals surface area contributed by atoms with Crippen LogP contribution in [0, 0.1) is 0 Å². The first-order valence-corrected chi connectivity index (χ1v) is 12.1. The highest BCUT2D eigenvalue weighted by atomic mass is 16.6. The number of esters is 4. The van der Waals surface area contributed by atoms with Crippen LogP contribution in [0.1, 0.15) is 52.7 Å². The number of carbonyl (C=O) groups excluding carboxylic acids is 6. The summed E-state index contributed by atoms with van der Waals surface area (Å²) < 4.78 is 24.1. The van der Waals surface area contributed by atoms with Gasteiger partial charge in [0, 0.05) is 54.6 Å². The van der Waals surface area contributed by atoms with Gasteiger partial charge in [-0.2, -0.15) is 0 Å². The fourth-order valence-corrected chi connectivity index (χ4v) is 2.78. The first-order valence-electron chi connectivity index (χ1n) is 12.1. The van der Waals surface area contributed by atoms with E-state index < -0.39 is 23.9 Å². The highest BCUT2D eigenvalue weighted by molar-refractivity contribution is 5.82. The second kappa shape index (κ2) is 19.2. The summed E-state index contributed by atoms with van der Waals surface area (Å²) in [6, 6.07) is 10.2. The van der Waals surface area contributed by atoms with Gasteiger partial charge in [-0.3, -0.25) is 28.8 Å². The van der Waals surface area contributed by atoms with E-state index in [1.54, 1.807) is 36.4 Å². The Kier molecular flexibility index (Phi) is 16.9. The van der Waals surface area contributed by atoms with Crippen LogP contribution in [0.5, 0.6) is 23.0 Å². The molecule has 0 bridgehead atoms. The average molecular weight is 577 g/mol. The lowest BCUT2D eigenvalue weighted by molar-refractivity contribution is -0.156. The van der Waals surface area contributed by atoms with E-state index in [1.807, 2.05) is 0 Å². The molecule has 0 saturated carbocycles. The van der Waals surface area contributed by atoms with Crippen molar-refractivity contribution in [3.8, 4) is 23.0 Å². The van der Waals surface area contributed by atoms with Gasteiger partial charge in [-0.25, -0.2) is 0 Å². The number of amides is 2. The summed E-state index contributed by atoms with van der Waals surface area (Å²) in [7, 11) is 2.98. The van der Waals surface area contributed by atoms with Gasteiger partial charge in [0.1, 0.15) is 0 Å². The van der Waals surface area contributed by atoms with E-state index in [4.69, 9.17) is 18.9 Å². The molecular formula is C28H36N2O11. The topological polar surface area (TPSA) is 173 Å². The second-order valence-electron chi connectivity index (χ2n) is 8.06. The highest BCUT2D eigenvalue weighted by Gasteiger charge is 2.09. The molecule has 224 valence electrons. The zero-order valence-corrected chi connectivity index (χ0v) is 24.4. The normalized spacial score (nSPS) is 9.27. The van der Waals surface area contributed by atoms with Gasteiger partial charge >= 0.3 is 23.9 Å². The van der Waals surface area contributed by atoms with Crippen molar-refractivity contribution in [2.75, 3.05) is 14.2 Å². The predicted molar refractivity (Wildman–Crippen MR) is 146 cm³/mol.